The minimum absolute atomic E-state index is 0.0565. The van der Waals surface area contributed by atoms with Gasteiger partial charge in [0.2, 0.25) is 0 Å². The molecular formula is C17H14FNO2S. The third-order valence-corrected chi connectivity index (χ3v) is 3.98. The maximum atomic E-state index is 13.5. The number of aromatic nitrogens is 1. The first kappa shape index (κ1) is 14.7. The van der Waals surface area contributed by atoms with Gasteiger partial charge in [-0.3, -0.25) is 0 Å². The van der Waals surface area contributed by atoms with Crippen molar-refractivity contribution in [2.45, 2.75) is 12.7 Å². The molecular weight excluding hydrogens is 301 g/mol. The minimum atomic E-state index is -0.482. The highest BCUT2D eigenvalue weighted by Crippen LogP contribution is 2.30. The summed E-state index contributed by atoms with van der Waals surface area (Å²) in [5.41, 5.74) is 1.46. The molecule has 1 heterocycles. The summed E-state index contributed by atoms with van der Waals surface area (Å²) in [6.45, 7) is -0.0565. The molecule has 0 saturated heterocycles. The number of nitrogens with zero attached hydrogens (tertiary/aromatic N) is 1. The fraction of sp³-hybridized carbons (Fsp3) is 0.118. The zero-order chi connectivity index (χ0) is 15.4. The predicted octanol–water partition coefficient (Wildman–Crippen LogP) is 3.94. The Kier molecular flexibility index (Phi) is 4.46. The van der Waals surface area contributed by atoms with Crippen molar-refractivity contribution < 1.29 is 14.2 Å². The summed E-state index contributed by atoms with van der Waals surface area (Å²) in [5.74, 6) is 0.294. The smallest absolute Gasteiger partial charge is 0.175 e. The average Bonchev–Trinajstić information content (AvgIpc) is 3.07. The first-order valence-electron chi connectivity index (χ1n) is 6.77. The molecule has 22 heavy (non-hydrogen) atoms. The van der Waals surface area contributed by atoms with Crippen LogP contribution in [0, 0.1) is 5.82 Å². The lowest BCUT2D eigenvalue weighted by molar-refractivity contribution is 0.243. The third-order valence-electron chi connectivity index (χ3n) is 3.16. The number of hydrogen-bond donors (Lipinski definition) is 1. The van der Waals surface area contributed by atoms with Gasteiger partial charge < -0.3 is 9.84 Å². The molecule has 0 bridgehead atoms. The van der Waals surface area contributed by atoms with Gasteiger partial charge in [0, 0.05) is 17.1 Å². The largest absolute Gasteiger partial charge is 0.478 e. The Morgan fingerprint density at radius 1 is 1.18 bits per heavy atom. The molecule has 0 radical (unpaired) electrons. The third kappa shape index (κ3) is 3.32. The molecule has 0 aliphatic heterocycles. The Hall–Kier alpha value is -2.24. The summed E-state index contributed by atoms with van der Waals surface area (Å²) in [4.78, 5) is 4.28. The molecule has 1 atom stereocenters. The number of benzene rings is 2. The van der Waals surface area contributed by atoms with Gasteiger partial charge in [0.15, 0.2) is 6.10 Å². The topological polar surface area (TPSA) is 42.4 Å². The Morgan fingerprint density at radius 2 is 2.05 bits per heavy atom. The van der Waals surface area contributed by atoms with Crippen molar-refractivity contribution in [2.75, 3.05) is 0 Å². The van der Waals surface area contributed by atoms with Crippen LogP contribution in [0.3, 0.4) is 0 Å². The molecule has 0 saturated carbocycles. The van der Waals surface area contributed by atoms with Gasteiger partial charge in [-0.25, -0.2) is 9.37 Å². The van der Waals surface area contributed by atoms with Crippen LogP contribution in [0.4, 0.5) is 4.39 Å². The summed E-state index contributed by atoms with van der Waals surface area (Å²) in [6, 6.07) is 13.5. The van der Waals surface area contributed by atoms with E-state index in [1.54, 1.807) is 24.4 Å². The van der Waals surface area contributed by atoms with Crippen molar-refractivity contribution in [1.82, 2.24) is 4.98 Å². The molecule has 3 nitrogen and oxygen atoms in total. The minimum Gasteiger partial charge on any atom is -0.478 e. The second-order valence-corrected chi connectivity index (χ2v) is 5.65. The summed E-state index contributed by atoms with van der Waals surface area (Å²) < 4.78 is 19.5. The quantitative estimate of drug-likeness (QED) is 0.775. The van der Waals surface area contributed by atoms with Crippen LogP contribution in [0.1, 0.15) is 22.2 Å². The predicted molar refractivity (Wildman–Crippen MR) is 83.3 cm³/mol. The SMILES string of the molecule is OCc1cccc(OC(c2cccc(F)c2)c2nccs2)c1. The van der Waals surface area contributed by atoms with E-state index in [-0.39, 0.29) is 12.4 Å². The summed E-state index contributed by atoms with van der Waals surface area (Å²) in [6.07, 6.45) is 1.21. The van der Waals surface area contributed by atoms with E-state index in [1.807, 2.05) is 23.6 Å². The van der Waals surface area contributed by atoms with Crippen molar-refractivity contribution in [3.05, 3.63) is 82.1 Å². The lowest BCUT2D eigenvalue weighted by Gasteiger charge is -2.18. The van der Waals surface area contributed by atoms with Gasteiger partial charge in [0.25, 0.3) is 0 Å². The number of aliphatic hydroxyl groups excluding tert-OH is 1. The number of rotatable bonds is 5. The average molecular weight is 315 g/mol. The van der Waals surface area contributed by atoms with Crippen molar-refractivity contribution in [1.29, 1.82) is 0 Å². The summed E-state index contributed by atoms with van der Waals surface area (Å²) >= 11 is 1.45. The van der Waals surface area contributed by atoms with Crippen molar-refractivity contribution in [2.24, 2.45) is 0 Å². The summed E-state index contributed by atoms with van der Waals surface area (Å²) in [7, 11) is 0. The molecule has 112 valence electrons. The molecule has 1 unspecified atom stereocenters. The number of ether oxygens (including phenoxy) is 1. The lowest BCUT2D eigenvalue weighted by atomic mass is 10.1. The zero-order valence-electron chi connectivity index (χ0n) is 11.6. The second-order valence-electron chi connectivity index (χ2n) is 4.73. The highest BCUT2D eigenvalue weighted by molar-refractivity contribution is 7.09. The van der Waals surface area contributed by atoms with Crippen molar-refractivity contribution in [3.8, 4) is 5.75 Å². The van der Waals surface area contributed by atoms with Crippen LogP contribution in [-0.4, -0.2) is 10.1 Å². The van der Waals surface area contributed by atoms with Gasteiger partial charge in [-0.1, -0.05) is 24.3 Å². The van der Waals surface area contributed by atoms with E-state index in [2.05, 4.69) is 4.98 Å². The lowest BCUT2D eigenvalue weighted by Crippen LogP contribution is -2.09. The number of aliphatic hydroxyl groups is 1. The van der Waals surface area contributed by atoms with E-state index in [9.17, 15) is 9.50 Å². The van der Waals surface area contributed by atoms with Crippen LogP contribution in [0.5, 0.6) is 5.75 Å². The van der Waals surface area contributed by atoms with Crippen LogP contribution < -0.4 is 4.74 Å². The van der Waals surface area contributed by atoms with E-state index in [1.165, 1.54) is 23.5 Å². The van der Waals surface area contributed by atoms with Crippen molar-refractivity contribution in [3.63, 3.8) is 0 Å². The summed E-state index contributed by atoms with van der Waals surface area (Å²) in [5, 5.41) is 11.8. The molecule has 0 fully saturated rings. The highest BCUT2D eigenvalue weighted by Gasteiger charge is 2.19. The Labute approximate surface area is 131 Å². The Morgan fingerprint density at radius 3 is 2.77 bits per heavy atom. The van der Waals surface area contributed by atoms with Crippen LogP contribution >= 0.6 is 11.3 Å². The van der Waals surface area contributed by atoms with Crippen LogP contribution in [0.15, 0.2) is 60.1 Å². The molecule has 3 rings (SSSR count). The zero-order valence-corrected chi connectivity index (χ0v) is 12.5. The molecule has 5 heteroatoms. The number of thiazole rings is 1. The van der Waals surface area contributed by atoms with Gasteiger partial charge in [-0.2, -0.15) is 0 Å². The monoisotopic (exact) mass is 315 g/mol. The molecule has 3 aromatic rings. The maximum Gasteiger partial charge on any atom is 0.175 e. The first-order chi connectivity index (χ1) is 10.8. The van der Waals surface area contributed by atoms with Gasteiger partial charge in [0.05, 0.1) is 6.61 Å². The second kappa shape index (κ2) is 6.68. The first-order valence-corrected chi connectivity index (χ1v) is 7.65. The van der Waals surface area contributed by atoms with E-state index < -0.39 is 6.10 Å². The maximum absolute atomic E-state index is 13.5. The number of hydrogen-bond acceptors (Lipinski definition) is 4. The Bertz CT molecular complexity index is 746. The van der Waals surface area contributed by atoms with Gasteiger partial charge in [-0.05, 0) is 29.8 Å². The van der Waals surface area contributed by atoms with Crippen molar-refractivity contribution >= 4 is 11.3 Å². The van der Waals surface area contributed by atoms with Crippen LogP contribution in [0.25, 0.3) is 0 Å². The van der Waals surface area contributed by atoms with E-state index in [4.69, 9.17) is 4.74 Å². The van der Waals surface area contributed by atoms with E-state index in [0.29, 0.717) is 11.3 Å². The van der Waals surface area contributed by atoms with Crippen LogP contribution in [0.2, 0.25) is 0 Å². The van der Waals surface area contributed by atoms with E-state index >= 15 is 0 Å². The molecule has 2 aromatic carbocycles. The Balaban J connectivity index is 1.95. The highest BCUT2D eigenvalue weighted by atomic mass is 32.1. The molecule has 0 amide bonds. The van der Waals surface area contributed by atoms with Crippen LogP contribution in [-0.2, 0) is 6.61 Å². The molecule has 0 aliphatic carbocycles. The van der Waals surface area contributed by atoms with E-state index in [0.717, 1.165) is 10.6 Å². The fourth-order valence-electron chi connectivity index (χ4n) is 2.15. The standard InChI is InChI=1S/C17H14FNO2S/c18-14-5-2-4-13(10-14)16(17-19-7-8-22-17)21-15-6-1-3-12(9-15)11-20/h1-10,16,20H,11H2. The van der Waals surface area contributed by atoms with Gasteiger partial charge in [-0.15, -0.1) is 11.3 Å². The van der Waals surface area contributed by atoms with Gasteiger partial charge in [0.1, 0.15) is 16.6 Å². The molecule has 1 N–H and O–H groups in total. The molecule has 1 aromatic heterocycles. The molecule has 0 aliphatic rings. The van der Waals surface area contributed by atoms with Gasteiger partial charge >= 0.3 is 0 Å². The normalized spacial score (nSPS) is 12.1. The number of halogens is 1. The fourth-order valence-corrected chi connectivity index (χ4v) is 2.84. The molecule has 0 spiro atoms.